The van der Waals surface area contributed by atoms with Gasteiger partial charge in [-0.15, -0.1) is 0 Å². The number of aliphatic hydroxyl groups is 1. The van der Waals surface area contributed by atoms with E-state index in [9.17, 15) is 9.90 Å². The van der Waals surface area contributed by atoms with Crippen molar-refractivity contribution >= 4 is 5.97 Å². The molecule has 0 rings (SSSR count). The van der Waals surface area contributed by atoms with Gasteiger partial charge < -0.3 is 15.6 Å². The summed E-state index contributed by atoms with van der Waals surface area (Å²) in [5.41, 5.74) is 5.42. The Morgan fingerprint density at radius 1 is 1.40 bits per heavy atom. The lowest BCUT2D eigenvalue weighted by molar-refractivity contribution is -0.146. The monoisotopic (exact) mass is 217 g/mol. The van der Waals surface area contributed by atoms with Gasteiger partial charge in [0.1, 0.15) is 0 Å². The number of unbranched alkanes of at least 4 members (excludes halogenated alkanes) is 3. The van der Waals surface area contributed by atoms with Crippen molar-refractivity contribution in [1.29, 1.82) is 0 Å². The number of hydrogen-bond donors (Lipinski definition) is 2. The number of carbonyl (C=O) groups excluding carboxylic acids is 1. The maximum Gasteiger partial charge on any atom is 0.308 e. The Balaban J connectivity index is 3.41. The molecule has 2 unspecified atom stereocenters. The van der Waals surface area contributed by atoms with Crippen LogP contribution >= 0.6 is 0 Å². The van der Waals surface area contributed by atoms with Crippen LogP contribution in [0.15, 0.2) is 0 Å². The van der Waals surface area contributed by atoms with Gasteiger partial charge in [-0.2, -0.15) is 0 Å². The Kier molecular flexibility index (Phi) is 8.33. The Morgan fingerprint density at radius 2 is 2.07 bits per heavy atom. The molecule has 0 aromatic heterocycles. The third kappa shape index (κ3) is 8.39. The van der Waals surface area contributed by atoms with Gasteiger partial charge >= 0.3 is 5.97 Å². The summed E-state index contributed by atoms with van der Waals surface area (Å²) < 4.78 is 4.95. The zero-order valence-corrected chi connectivity index (χ0v) is 9.74. The second-order valence-electron chi connectivity index (χ2n) is 3.91. The van der Waals surface area contributed by atoms with Crippen molar-refractivity contribution in [2.24, 2.45) is 5.73 Å². The lowest BCUT2D eigenvalue weighted by atomic mass is 10.1. The first-order valence-electron chi connectivity index (χ1n) is 5.67. The Bertz CT molecular complexity index is 171. The van der Waals surface area contributed by atoms with Gasteiger partial charge in [-0.1, -0.05) is 26.2 Å². The highest BCUT2D eigenvalue weighted by Gasteiger charge is 2.15. The molecule has 0 aliphatic rings. The zero-order chi connectivity index (χ0) is 11.7. The molecular weight excluding hydrogens is 194 g/mol. The number of carbonyl (C=O) groups is 1. The fourth-order valence-electron chi connectivity index (χ4n) is 1.13. The van der Waals surface area contributed by atoms with Crippen molar-refractivity contribution in [1.82, 2.24) is 0 Å². The van der Waals surface area contributed by atoms with Gasteiger partial charge in [0.25, 0.3) is 0 Å². The fraction of sp³-hybridized carbons (Fsp3) is 0.909. The number of esters is 1. The molecule has 4 heteroatoms. The lowest BCUT2D eigenvalue weighted by Gasteiger charge is -2.13. The molecule has 0 aromatic rings. The third-order valence-electron chi connectivity index (χ3n) is 2.24. The van der Waals surface area contributed by atoms with Crippen LogP contribution in [0.5, 0.6) is 0 Å². The van der Waals surface area contributed by atoms with E-state index in [1.807, 2.05) is 0 Å². The maximum absolute atomic E-state index is 11.2. The first-order chi connectivity index (χ1) is 7.07. The largest absolute Gasteiger partial charge is 0.466 e. The summed E-state index contributed by atoms with van der Waals surface area (Å²) in [5, 5.41) is 9.31. The van der Waals surface area contributed by atoms with Crippen LogP contribution in [-0.4, -0.2) is 29.8 Å². The smallest absolute Gasteiger partial charge is 0.308 e. The van der Waals surface area contributed by atoms with Gasteiger partial charge in [0, 0.05) is 6.04 Å². The van der Waals surface area contributed by atoms with E-state index in [-0.39, 0.29) is 12.4 Å². The molecule has 0 amide bonds. The summed E-state index contributed by atoms with van der Waals surface area (Å²) in [7, 11) is 0. The number of hydrogen-bond acceptors (Lipinski definition) is 4. The quantitative estimate of drug-likeness (QED) is 0.473. The van der Waals surface area contributed by atoms with Gasteiger partial charge in [0.05, 0.1) is 19.1 Å². The van der Waals surface area contributed by atoms with E-state index < -0.39 is 12.1 Å². The zero-order valence-electron chi connectivity index (χ0n) is 9.74. The standard InChI is InChI=1S/C11H23NO3/c1-3-4-5-6-7-15-11(14)8-10(13)9(2)12/h9-10,13H,3-8,12H2,1-2H3. The molecule has 0 saturated heterocycles. The molecule has 15 heavy (non-hydrogen) atoms. The van der Waals surface area contributed by atoms with E-state index in [1.54, 1.807) is 6.92 Å². The fourth-order valence-corrected chi connectivity index (χ4v) is 1.13. The lowest BCUT2D eigenvalue weighted by Crippen LogP contribution is -2.33. The van der Waals surface area contributed by atoms with Crippen molar-refractivity contribution in [2.75, 3.05) is 6.61 Å². The van der Waals surface area contributed by atoms with Gasteiger partial charge in [0.15, 0.2) is 0 Å². The summed E-state index contributed by atoms with van der Waals surface area (Å²) in [5.74, 6) is -0.365. The number of nitrogens with two attached hydrogens (primary N) is 1. The van der Waals surface area contributed by atoms with Gasteiger partial charge in [-0.05, 0) is 13.3 Å². The van der Waals surface area contributed by atoms with Crippen molar-refractivity contribution in [3.8, 4) is 0 Å². The van der Waals surface area contributed by atoms with Crippen LogP contribution in [0.3, 0.4) is 0 Å². The van der Waals surface area contributed by atoms with E-state index in [4.69, 9.17) is 10.5 Å². The molecule has 90 valence electrons. The Morgan fingerprint density at radius 3 is 2.60 bits per heavy atom. The van der Waals surface area contributed by atoms with Crippen molar-refractivity contribution in [3.05, 3.63) is 0 Å². The molecule has 3 N–H and O–H groups in total. The second-order valence-corrected chi connectivity index (χ2v) is 3.91. The van der Waals surface area contributed by atoms with Crippen molar-refractivity contribution < 1.29 is 14.6 Å². The van der Waals surface area contributed by atoms with Crippen LogP contribution in [0.2, 0.25) is 0 Å². The van der Waals surface area contributed by atoms with E-state index in [0.717, 1.165) is 19.3 Å². The normalized spacial score (nSPS) is 14.7. The summed E-state index contributed by atoms with van der Waals surface area (Å²) in [6.07, 6.45) is 3.50. The molecule has 0 aliphatic carbocycles. The molecule has 0 fully saturated rings. The molecule has 2 atom stereocenters. The second kappa shape index (κ2) is 8.68. The molecule has 0 saturated carbocycles. The average molecular weight is 217 g/mol. The summed E-state index contributed by atoms with van der Waals surface area (Å²) in [6.45, 7) is 4.24. The predicted molar refractivity (Wildman–Crippen MR) is 59.4 cm³/mol. The highest BCUT2D eigenvalue weighted by Crippen LogP contribution is 2.02. The number of rotatable bonds is 8. The molecule has 0 aliphatic heterocycles. The van der Waals surface area contributed by atoms with Gasteiger partial charge in [-0.3, -0.25) is 4.79 Å². The highest BCUT2D eigenvalue weighted by atomic mass is 16.5. The summed E-state index contributed by atoms with van der Waals surface area (Å²) >= 11 is 0. The van der Waals surface area contributed by atoms with Crippen LogP contribution in [0.1, 0.15) is 46.0 Å². The Labute approximate surface area is 91.8 Å². The molecule has 0 heterocycles. The molecule has 0 aromatic carbocycles. The van der Waals surface area contributed by atoms with E-state index >= 15 is 0 Å². The van der Waals surface area contributed by atoms with Gasteiger partial charge in [-0.25, -0.2) is 0 Å². The topological polar surface area (TPSA) is 72.5 Å². The minimum Gasteiger partial charge on any atom is -0.466 e. The van der Waals surface area contributed by atoms with Crippen molar-refractivity contribution in [2.45, 2.75) is 58.1 Å². The Hall–Kier alpha value is -0.610. The number of aliphatic hydroxyl groups excluding tert-OH is 1. The van der Waals surface area contributed by atoms with E-state index in [1.165, 1.54) is 6.42 Å². The molecule has 0 bridgehead atoms. The maximum atomic E-state index is 11.2. The molecule has 0 radical (unpaired) electrons. The van der Waals surface area contributed by atoms with E-state index in [2.05, 4.69) is 6.92 Å². The van der Waals surface area contributed by atoms with Crippen LogP contribution in [-0.2, 0) is 9.53 Å². The first kappa shape index (κ1) is 14.4. The minimum absolute atomic E-state index is 0.00849. The molecule has 0 spiro atoms. The third-order valence-corrected chi connectivity index (χ3v) is 2.24. The SMILES string of the molecule is CCCCCCOC(=O)CC(O)C(C)N. The molecular formula is C11H23NO3. The average Bonchev–Trinajstić information content (AvgIpc) is 2.17. The van der Waals surface area contributed by atoms with Crippen LogP contribution in [0, 0.1) is 0 Å². The number of ether oxygens (including phenoxy) is 1. The van der Waals surface area contributed by atoms with Crippen molar-refractivity contribution in [3.63, 3.8) is 0 Å². The van der Waals surface area contributed by atoms with Crippen LogP contribution in [0.4, 0.5) is 0 Å². The predicted octanol–water partition coefficient (Wildman–Crippen LogP) is 1.21. The summed E-state index contributed by atoms with van der Waals surface area (Å²) in [4.78, 5) is 11.2. The van der Waals surface area contributed by atoms with E-state index in [0.29, 0.717) is 6.61 Å². The van der Waals surface area contributed by atoms with Crippen LogP contribution in [0.25, 0.3) is 0 Å². The molecule has 4 nitrogen and oxygen atoms in total. The summed E-state index contributed by atoms with van der Waals surface area (Å²) in [6, 6.07) is -0.391. The first-order valence-corrected chi connectivity index (χ1v) is 5.67. The minimum atomic E-state index is -0.798. The highest BCUT2D eigenvalue weighted by molar-refractivity contribution is 5.70. The van der Waals surface area contributed by atoms with Gasteiger partial charge in [0.2, 0.25) is 0 Å². The van der Waals surface area contributed by atoms with Crippen LogP contribution < -0.4 is 5.73 Å².